The van der Waals surface area contributed by atoms with Gasteiger partial charge in [0.2, 0.25) is 5.91 Å². The molecule has 1 fully saturated rings. The fraction of sp³-hybridized carbons (Fsp3) is 0.935. The Morgan fingerprint density at radius 1 is 0.667 bits per heavy atom. The normalized spacial score (nSPS) is 21.4. The second-order valence-electron chi connectivity index (χ2n) is 17.2. The fourth-order valence-electron chi connectivity index (χ4n) is 7.81. The van der Waals surface area contributed by atoms with Crippen LogP contribution in [0.4, 0.5) is 0 Å². The molecule has 0 bridgehead atoms. The molecule has 0 spiro atoms. The van der Waals surface area contributed by atoms with Gasteiger partial charge >= 0.3 is 10.4 Å². The Balaban J connectivity index is 2.53. The van der Waals surface area contributed by atoms with Gasteiger partial charge < -0.3 is 40.3 Å². The van der Waals surface area contributed by atoms with Gasteiger partial charge in [0.25, 0.3) is 0 Å². The first kappa shape index (κ1) is 56.8. The largest absolute Gasteiger partial charge is 0.397 e. The number of ether oxygens (including phenoxy) is 2. The number of rotatable bonds is 41. The van der Waals surface area contributed by atoms with E-state index in [-0.39, 0.29) is 6.42 Å². The molecule has 0 aliphatic carbocycles. The summed E-state index contributed by atoms with van der Waals surface area (Å²) in [5.74, 6) is -0.699. The molecule has 13 nitrogen and oxygen atoms in total. The van der Waals surface area contributed by atoms with Gasteiger partial charge in [-0.3, -0.25) is 9.35 Å². The van der Waals surface area contributed by atoms with Crippen LogP contribution in [-0.2, 0) is 28.9 Å². The fourth-order valence-corrected chi connectivity index (χ4v) is 8.32. The molecule has 1 aliphatic rings. The Hall–Kier alpha value is -1.20. The maximum Gasteiger partial charge on any atom is 0.397 e. The van der Waals surface area contributed by atoms with Crippen LogP contribution in [0.3, 0.4) is 0 Å². The predicted octanol–water partition coefficient (Wildman–Crippen LogP) is 8.53. The predicted molar refractivity (Wildman–Crippen MR) is 238 cm³/mol. The Labute approximate surface area is 364 Å². The molecule has 356 valence electrons. The van der Waals surface area contributed by atoms with Gasteiger partial charge in [0, 0.05) is 0 Å². The van der Waals surface area contributed by atoms with E-state index in [4.69, 9.17) is 9.47 Å². The monoisotopic (exact) mass is 880 g/mol. The van der Waals surface area contributed by atoms with Gasteiger partial charge in [-0.25, -0.2) is 4.18 Å². The molecular weight excluding hydrogens is 791 g/mol. The average Bonchev–Trinajstić information content (AvgIpc) is 3.22. The van der Waals surface area contributed by atoms with Crippen molar-refractivity contribution in [2.24, 2.45) is 0 Å². The Bertz CT molecular complexity index is 1140. The highest BCUT2D eigenvalue weighted by Crippen LogP contribution is 2.26. The van der Waals surface area contributed by atoms with E-state index in [9.17, 15) is 43.3 Å². The van der Waals surface area contributed by atoms with Crippen molar-refractivity contribution in [2.75, 3.05) is 13.2 Å². The molecule has 14 heteroatoms. The minimum atomic E-state index is -5.11. The van der Waals surface area contributed by atoms with Crippen molar-refractivity contribution in [3.63, 3.8) is 0 Å². The van der Waals surface area contributed by atoms with Crippen molar-refractivity contribution in [1.82, 2.24) is 5.32 Å². The first-order valence-electron chi connectivity index (χ1n) is 24.2. The van der Waals surface area contributed by atoms with Crippen molar-refractivity contribution in [1.29, 1.82) is 0 Å². The molecule has 0 aromatic rings. The van der Waals surface area contributed by atoms with Crippen molar-refractivity contribution in [3.8, 4) is 0 Å². The van der Waals surface area contributed by atoms with Crippen molar-refractivity contribution >= 4 is 16.3 Å². The maximum absolute atomic E-state index is 13.1. The second kappa shape index (κ2) is 37.2. The van der Waals surface area contributed by atoms with Crippen LogP contribution in [0, 0.1) is 0 Å². The molecular formula is C46H89NO12S. The number of nitrogens with one attached hydrogen (secondary N) is 1. The van der Waals surface area contributed by atoms with Gasteiger partial charge in [-0.15, -0.1) is 0 Å². The summed E-state index contributed by atoms with van der Waals surface area (Å²) < 4.78 is 47.5. The first-order chi connectivity index (χ1) is 28.9. The van der Waals surface area contributed by atoms with Crippen LogP contribution >= 0.6 is 0 Å². The minimum Gasteiger partial charge on any atom is -0.394 e. The smallest absolute Gasteiger partial charge is 0.394 e. The van der Waals surface area contributed by atoms with E-state index in [1.54, 1.807) is 0 Å². The zero-order valence-electron chi connectivity index (χ0n) is 37.6. The van der Waals surface area contributed by atoms with E-state index in [1.807, 2.05) is 6.08 Å². The van der Waals surface area contributed by atoms with Crippen LogP contribution in [-0.4, -0.2) is 107 Å². The molecule has 0 saturated carbocycles. The Morgan fingerprint density at radius 2 is 1.08 bits per heavy atom. The zero-order valence-corrected chi connectivity index (χ0v) is 38.5. The van der Waals surface area contributed by atoms with E-state index >= 15 is 0 Å². The highest BCUT2D eigenvalue weighted by Gasteiger charge is 2.48. The summed E-state index contributed by atoms with van der Waals surface area (Å²) in [7, 11) is -5.11. The number of amides is 1. The number of carbonyl (C=O) groups excluding carboxylic acids is 1. The number of hydrogen-bond donors (Lipinski definition) is 7. The van der Waals surface area contributed by atoms with Crippen molar-refractivity contribution < 1.29 is 57.0 Å². The number of allylic oxidation sites excluding steroid dienone is 1. The summed E-state index contributed by atoms with van der Waals surface area (Å²) in [6.07, 6.45) is 28.6. The lowest BCUT2D eigenvalue weighted by Crippen LogP contribution is -2.61. The van der Waals surface area contributed by atoms with Crippen molar-refractivity contribution in [2.45, 2.75) is 262 Å². The Morgan fingerprint density at radius 3 is 1.50 bits per heavy atom. The molecule has 1 aliphatic heterocycles. The highest BCUT2D eigenvalue weighted by molar-refractivity contribution is 7.80. The number of unbranched alkanes of at least 4 members (excludes halogenated alkanes) is 28. The summed E-state index contributed by atoms with van der Waals surface area (Å²) in [6, 6.07) is -1.11. The molecule has 1 amide bonds. The van der Waals surface area contributed by atoms with Crippen LogP contribution in [0.15, 0.2) is 12.2 Å². The van der Waals surface area contributed by atoms with Gasteiger partial charge in [-0.05, 0) is 19.3 Å². The van der Waals surface area contributed by atoms with E-state index in [2.05, 4.69) is 23.3 Å². The third-order valence-corrected chi connectivity index (χ3v) is 12.1. The molecule has 0 radical (unpaired) electrons. The standard InChI is InChI=1S/C46H89NO12S/c1-3-5-7-9-11-13-15-17-18-19-20-21-23-25-27-29-31-33-35-40(50)45(53)47-38(39(49)34-32-30-28-26-24-22-16-14-12-10-8-6-4-2)37-57-46-43(52)44(59-60(54,55)56)42(51)41(36-48)58-46/h32,34,38-44,46,48-52H,3-31,33,35-37H2,1-2H3,(H,47,53)(H,54,55,56)/b34-32+. The second-order valence-corrected chi connectivity index (χ2v) is 18.2. The lowest BCUT2D eigenvalue weighted by Gasteiger charge is -2.41. The van der Waals surface area contributed by atoms with Crippen LogP contribution in [0.5, 0.6) is 0 Å². The molecule has 7 N–H and O–H groups in total. The average molecular weight is 880 g/mol. The summed E-state index contributed by atoms with van der Waals surface area (Å²) >= 11 is 0. The zero-order chi connectivity index (χ0) is 44.3. The van der Waals surface area contributed by atoms with Crippen LogP contribution < -0.4 is 5.32 Å². The van der Waals surface area contributed by atoms with Crippen LogP contribution in [0.2, 0.25) is 0 Å². The SMILES string of the molecule is CCCCCCCCCCCCC/C=C/C(O)C(COC1OC(CO)C(O)C(OS(=O)(=O)O)C1O)NC(=O)C(O)CCCCCCCCCCCCCCCCCCCC. The lowest BCUT2D eigenvalue weighted by molar-refractivity contribution is -0.298. The maximum atomic E-state index is 13.1. The summed E-state index contributed by atoms with van der Waals surface area (Å²) in [6.45, 7) is 3.22. The number of hydrogen-bond acceptors (Lipinski definition) is 11. The van der Waals surface area contributed by atoms with Gasteiger partial charge in [0.05, 0.1) is 25.4 Å². The summed E-state index contributed by atoms with van der Waals surface area (Å²) in [4.78, 5) is 13.1. The minimum absolute atomic E-state index is 0.248. The number of carbonyl (C=O) groups is 1. The lowest BCUT2D eigenvalue weighted by atomic mass is 9.99. The van der Waals surface area contributed by atoms with Crippen LogP contribution in [0.25, 0.3) is 0 Å². The van der Waals surface area contributed by atoms with E-state index in [0.29, 0.717) is 12.8 Å². The molecule has 8 atom stereocenters. The summed E-state index contributed by atoms with van der Waals surface area (Å²) in [5.41, 5.74) is 0. The molecule has 1 heterocycles. The van der Waals surface area contributed by atoms with Gasteiger partial charge in [-0.2, -0.15) is 8.42 Å². The number of aliphatic hydroxyl groups is 5. The number of aliphatic hydroxyl groups excluding tert-OH is 5. The quantitative estimate of drug-likeness (QED) is 0.0175. The van der Waals surface area contributed by atoms with Gasteiger partial charge in [-0.1, -0.05) is 206 Å². The third-order valence-electron chi connectivity index (χ3n) is 11.7. The van der Waals surface area contributed by atoms with Gasteiger partial charge in [0.15, 0.2) is 6.29 Å². The Kier molecular flexibility index (Phi) is 35.2. The topological polar surface area (TPSA) is 212 Å². The molecule has 8 unspecified atom stereocenters. The molecule has 0 aromatic carbocycles. The van der Waals surface area contributed by atoms with E-state index in [1.165, 1.54) is 147 Å². The first-order valence-corrected chi connectivity index (χ1v) is 25.5. The van der Waals surface area contributed by atoms with Gasteiger partial charge in [0.1, 0.15) is 30.5 Å². The molecule has 1 saturated heterocycles. The molecule has 1 rings (SSSR count). The summed E-state index contributed by atoms with van der Waals surface area (Å²) in [5, 5.41) is 55.2. The van der Waals surface area contributed by atoms with E-state index < -0.39 is 78.5 Å². The third kappa shape index (κ3) is 29.2. The van der Waals surface area contributed by atoms with E-state index in [0.717, 1.165) is 38.5 Å². The van der Waals surface area contributed by atoms with Crippen LogP contribution in [0.1, 0.15) is 213 Å². The van der Waals surface area contributed by atoms with Crippen molar-refractivity contribution in [3.05, 3.63) is 12.2 Å². The molecule has 60 heavy (non-hydrogen) atoms. The highest BCUT2D eigenvalue weighted by atomic mass is 32.3. The molecule has 0 aromatic heterocycles.